The highest BCUT2D eigenvalue weighted by atomic mass is 79.9. The lowest BCUT2D eigenvalue weighted by molar-refractivity contribution is 0.201. The molecule has 19 heavy (non-hydrogen) atoms. The third-order valence-electron chi connectivity index (χ3n) is 2.52. The number of hydrogen-bond acceptors (Lipinski definition) is 3. The average Bonchev–Trinajstić information content (AvgIpc) is 2.42. The zero-order valence-corrected chi connectivity index (χ0v) is 11.4. The van der Waals surface area contributed by atoms with Crippen molar-refractivity contribution < 1.29 is 13.5 Å². The molecule has 0 aliphatic carbocycles. The predicted octanol–water partition coefficient (Wildman–Crippen LogP) is 3.20. The first-order chi connectivity index (χ1) is 9.11. The molecule has 6 heteroatoms. The number of rotatable bonds is 4. The lowest BCUT2D eigenvalue weighted by Gasteiger charge is -2.18. The molecule has 0 radical (unpaired) electrons. The quantitative estimate of drug-likeness (QED) is 0.877. The minimum absolute atomic E-state index is 0.136. The molecular weight excluding hydrogens is 318 g/mol. The molecule has 0 aliphatic heterocycles. The molecule has 0 bridgehead atoms. The van der Waals surface area contributed by atoms with Crippen LogP contribution in [0.2, 0.25) is 0 Å². The lowest BCUT2D eigenvalue weighted by atomic mass is 10.1. The van der Waals surface area contributed by atoms with Gasteiger partial charge in [-0.1, -0.05) is 15.9 Å². The van der Waals surface area contributed by atoms with Gasteiger partial charge in [-0.3, -0.25) is 4.98 Å². The fourth-order valence-corrected chi connectivity index (χ4v) is 2.01. The van der Waals surface area contributed by atoms with Gasteiger partial charge in [0.05, 0.1) is 0 Å². The minimum atomic E-state index is -1.03. The van der Waals surface area contributed by atoms with Crippen LogP contribution in [0.15, 0.2) is 41.1 Å². The fraction of sp³-hybridized carbons (Fsp3) is 0.154. The molecule has 0 amide bonds. The summed E-state index contributed by atoms with van der Waals surface area (Å²) in [5, 5.41) is 0. The van der Waals surface area contributed by atoms with Crippen molar-refractivity contribution in [1.82, 2.24) is 4.98 Å². The van der Waals surface area contributed by atoms with Crippen molar-refractivity contribution in [2.75, 3.05) is 6.54 Å². The van der Waals surface area contributed by atoms with E-state index in [-0.39, 0.29) is 12.3 Å². The number of halogens is 3. The van der Waals surface area contributed by atoms with Crippen molar-refractivity contribution in [3.05, 3.63) is 58.3 Å². The number of pyridine rings is 1. The molecule has 0 fully saturated rings. The van der Waals surface area contributed by atoms with E-state index in [1.54, 1.807) is 24.5 Å². The Kier molecular flexibility index (Phi) is 4.44. The Morgan fingerprint density at radius 1 is 1.26 bits per heavy atom. The maximum Gasteiger partial charge on any atom is 0.200 e. The van der Waals surface area contributed by atoms with E-state index in [1.807, 2.05) is 0 Å². The molecule has 0 saturated carbocycles. The maximum absolute atomic E-state index is 13.6. The van der Waals surface area contributed by atoms with Gasteiger partial charge in [0.15, 0.2) is 11.6 Å². The SMILES string of the molecule is NCC(Oc1cc(Br)cc(F)c1F)c1ccncc1. The van der Waals surface area contributed by atoms with Gasteiger partial charge >= 0.3 is 0 Å². The molecule has 100 valence electrons. The molecule has 1 heterocycles. The third-order valence-corrected chi connectivity index (χ3v) is 2.98. The van der Waals surface area contributed by atoms with E-state index in [4.69, 9.17) is 10.5 Å². The zero-order valence-electron chi connectivity index (χ0n) is 9.82. The minimum Gasteiger partial charge on any atom is -0.481 e. The number of nitrogens with two attached hydrogens (primary N) is 1. The Hall–Kier alpha value is -1.53. The molecule has 1 unspecified atom stereocenters. The smallest absolute Gasteiger partial charge is 0.200 e. The molecular formula is C13H11BrF2N2O. The van der Waals surface area contributed by atoms with Crippen LogP contribution in [0.3, 0.4) is 0 Å². The standard InChI is InChI=1S/C13H11BrF2N2O/c14-9-5-10(15)13(16)11(6-9)19-12(7-17)8-1-3-18-4-2-8/h1-6,12H,7,17H2. The molecule has 3 nitrogen and oxygen atoms in total. The summed E-state index contributed by atoms with van der Waals surface area (Å²) in [7, 11) is 0. The van der Waals surface area contributed by atoms with Crippen LogP contribution in [-0.4, -0.2) is 11.5 Å². The van der Waals surface area contributed by atoms with E-state index in [9.17, 15) is 8.78 Å². The number of nitrogens with zero attached hydrogens (tertiary/aromatic N) is 1. The van der Waals surface area contributed by atoms with Crippen molar-refractivity contribution in [2.45, 2.75) is 6.10 Å². The summed E-state index contributed by atoms with van der Waals surface area (Å²) in [6, 6.07) is 5.82. The van der Waals surface area contributed by atoms with Gasteiger partial charge in [0, 0.05) is 23.4 Å². The van der Waals surface area contributed by atoms with Crippen LogP contribution in [0.1, 0.15) is 11.7 Å². The highest BCUT2D eigenvalue weighted by molar-refractivity contribution is 9.10. The Labute approximate surface area is 117 Å². The summed E-state index contributed by atoms with van der Waals surface area (Å²) in [4.78, 5) is 3.88. The highest BCUT2D eigenvalue weighted by Gasteiger charge is 2.17. The number of hydrogen-bond donors (Lipinski definition) is 1. The van der Waals surface area contributed by atoms with E-state index >= 15 is 0 Å². The van der Waals surface area contributed by atoms with Crippen molar-refractivity contribution >= 4 is 15.9 Å². The molecule has 0 saturated heterocycles. The number of aromatic nitrogens is 1. The van der Waals surface area contributed by atoms with E-state index < -0.39 is 17.7 Å². The molecule has 1 aromatic carbocycles. The van der Waals surface area contributed by atoms with Crippen LogP contribution in [0.25, 0.3) is 0 Å². The van der Waals surface area contributed by atoms with Gasteiger partial charge in [-0.15, -0.1) is 0 Å². The van der Waals surface area contributed by atoms with E-state index in [0.29, 0.717) is 4.47 Å². The second kappa shape index (κ2) is 6.08. The van der Waals surface area contributed by atoms with E-state index in [2.05, 4.69) is 20.9 Å². The zero-order chi connectivity index (χ0) is 13.8. The first kappa shape index (κ1) is 13.9. The summed E-state index contributed by atoms with van der Waals surface area (Å²) < 4.78 is 32.7. The average molecular weight is 329 g/mol. The van der Waals surface area contributed by atoms with Crippen LogP contribution in [-0.2, 0) is 0 Å². The van der Waals surface area contributed by atoms with Gasteiger partial charge in [-0.25, -0.2) is 4.39 Å². The van der Waals surface area contributed by atoms with E-state index in [0.717, 1.165) is 11.6 Å². The van der Waals surface area contributed by atoms with Gasteiger partial charge in [0.25, 0.3) is 0 Å². The van der Waals surface area contributed by atoms with Crippen LogP contribution >= 0.6 is 15.9 Å². The Morgan fingerprint density at radius 3 is 2.58 bits per heavy atom. The Balaban J connectivity index is 2.29. The van der Waals surface area contributed by atoms with Crippen molar-refractivity contribution in [3.63, 3.8) is 0 Å². The summed E-state index contributed by atoms with van der Waals surface area (Å²) in [6.07, 6.45) is 2.60. The molecule has 2 aromatic rings. The monoisotopic (exact) mass is 328 g/mol. The Bertz CT molecular complexity index is 566. The second-order valence-electron chi connectivity index (χ2n) is 3.82. The molecule has 2 rings (SSSR count). The summed E-state index contributed by atoms with van der Waals surface area (Å²) >= 11 is 3.09. The molecule has 0 aliphatic rings. The van der Waals surface area contributed by atoms with Gasteiger partial charge < -0.3 is 10.5 Å². The highest BCUT2D eigenvalue weighted by Crippen LogP contribution is 2.29. The van der Waals surface area contributed by atoms with Gasteiger partial charge in [-0.05, 0) is 29.8 Å². The van der Waals surface area contributed by atoms with Gasteiger partial charge in [0.1, 0.15) is 6.10 Å². The van der Waals surface area contributed by atoms with Gasteiger partial charge in [0.2, 0.25) is 5.82 Å². The first-order valence-electron chi connectivity index (χ1n) is 5.53. The van der Waals surface area contributed by atoms with Crippen molar-refractivity contribution in [1.29, 1.82) is 0 Å². The van der Waals surface area contributed by atoms with Crippen LogP contribution in [0.4, 0.5) is 8.78 Å². The summed E-state index contributed by atoms with van der Waals surface area (Å²) in [5.41, 5.74) is 6.35. The number of ether oxygens (including phenoxy) is 1. The van der Waals surface area contributed by atoms with Crippen molar-refractivity contribution in [3.8, 4) is 5.75 Å². The molecule has 1 atom stereocenters. The van der Waals surface area contributed by atoms with Crippen molar-refractivity contribution in [2.24, 2.45) is 5.73 Å². The first-order valence-corrected chi connectivity index (χ1v) is 6.32. The topological polar surface area (TPSA) is 48.1 Å². The van der Waals surface area contributed by atoms with E-state index in [1.165, 1.54) is 6.07 Å². The summed E-state index contributed by atoms with van der Waals surface area (Å²) in [5.74, 6) is -2.19. The van der Waals surface area contributed by atoms with Gasteiger partial charge in [-0.2, -0.15) is 4.39 Å². The normalized spacial score (nSPS) is 12.2. The van der Waals surface area contributed by atoms with Crippen LogP contribution in [0.5, 0.6) is 5.75 Å². The summed E-state index contributed by atoms with van der Waals surface area (Å²) in [6.45, 7) is 0.136. The Morgan fingerprint density at radius 2 is 1.95 bits per heavy atom. The molecule has 1 aromatic heterocycles. The molecule has 0 spiro atoms. The van der Waals surface area contributed by atoms with Crippen LogP contribution in [0, 0.1) is 11.6 Å². The number of benzene rings is 1. The largest absolute Gasteiger partial charge is 0.481 e. The maximum atomic E-state index is 13.6. The second-order valence-corrected chi connectivity index (χ2v) is 4.74. The lowest BCUT2D eigenvalue weighted by Crippen LogP contribution is -2.19. The van der Waals surface area contributed by atoms with Crippen LogP contribution < -0.4 is 10.5 Å². The predicted molar refractivity (Wildman–Crippen MR) is 70.7 cm³/mol. The molecule has 2 N–H and O–H groups in total. The fourth-order valence-electron chi connectivity index (χ4n) is 1.60. The third kappa shape index (κ3) is 3.27.